The van der Waals surface area contributed by atoms with Gasteiger partial charge in [0.15, 0.2) is 0 Å². The molecule has 0 saturated carbocycles. The van der Waals surface area contributed by atoms with Gasteiger partial charge in [0.1, 0.15) is 11.8 Å². The third kappa shape index (κ3) is 3.13. The van der Waals surface area contributed by atoms with Crippen LogP contribution in [0.3, 0.4) is 0 Å². The van der Waals surface area contributed by atoms with Gasteiger partial charge < -0.3 is 15.0 Å². The van der Waals surface area contributed by atoms with Crippen LogP contribution in [0.15, 0.2) is 35.6 Å². The van der Waals surface area contributed by atoms with E-state index in [2.05, 4.69) is 37.7 Å². The Morgan fingerprint density at radius 1 is 1.30 bits per heavy atom. The van der Waals surface area contributed by atoms with Gasteiger partial charge in [-0.2, -0.15) is 0 Å². The Balaban J connectivity index is 1.47. The van der Waals surface area contributed by atoms with Gasteiger partial charge in [-0.3, -0.25) is 10.3 Å². The van der Waals surface area contributed by atoms with Gasteiger partial charge in [0, 0.05) is 48.8 Å². The number of pyridine rings is 1. The Morgan fingerprint density at radius 3 is 3.13 bits per heavy atom. The smallest absolute Gasteiger partial charge is 0.137 e. The molecule has 1 fully saturated rings. The Hall–Kier alpha value is -2.18. The van der Waals surface area contributed by atoms with E-state index in [4.69, 9.17) is 4.74 Å². The molecule has 3 N–H and O–H groups in total. The molecule has 0 aromatic carbocycles. The Labute approximate surface area is 135 Å². The Morgan fingerprint density at radius 2 is 2.22 bits per heavy atom. The first-order valence-corrected chi connectivity index (χ1v) is 8.14. The number of hydrogen-bond donors (Lipinski definition) is 3. The molecular formula is C17H21N5O. The normalized spacial score (nSPS) is 22.1. The van der Waals surface area contributed by atoms with E-state index in [9.17, 15) is 0 Å². The van der Waals surface area contributed by atoms with E-state index in [1.165, 1.54) is 0 Å². The van der Waals surface area contributed by atoms with Crippen molar-refractivity contribution < 1.29 is 4.74 Å². The van der Waals surface area contributed by atoms with Crippen molar-refractivity contribution in [2.75, 3.05) is 19.8 Å². The van der Waals surface area contributed by atoms with E-state index in [0.717, 1.165) is 54.9 Å². The maximum absolute atomic E-state index is 5.41. The molecule has 1 saturated heterocycles. The average Bonchev–Trinajstić information content (AvgIpc) is 3.05. The number of aromatic nitrogens is 2. The Bertz CT molecular complexity index is 729. The molecule has 0 radical (unpaired) electrons. The summed E-state index contributed by atoms with van der Waals surface area (Å²) in [6, 6.07) is 4.03. The zero-order valence-corrected chi connectivity index (χ0v) is 13.0. The molecule has 23 heavy (non-hydrogen) atoms. The van der Waals surface area contributed by atoms with E-state index in [1.807, 2.05) is 12.3 Å². The van der Waals surface area contributed by atoms with Crippen LogP contribution in [0.1, 0.15) is 18.4 Å². The third-order valence-corrected chi connectivity index (χ3v) is 4.48. The topological polar surface area (TPSA) is 74.3 Å². The number of rotatable bonds is 4. The number of nitrogens with zero attached hydrogens (tertiary/aromatic N) is 2. The molecule has 4 heterocycles. The van der Waals surface area contributed by atoms with Crippen molar-refractivity contribution in [1.82, 2.24) is 20.6 Å². The van der Waals surface area contributed by atoms with Crippen LogP contribution in [0.4, 0.5) is 0 Å². The molecular weight excluding hydrogens is 290 g/mol. The summed E-state index contributed by atoms with van der Waals surface area (Å²) in [5.74, 6) is 0.683. The summed E-state index contributed by atoms with van der Waals surface area (Å²) in [6.45, 7) is 2.74. The van der Waals surface area contributed by atoms with Gasteiger partial charge in [-0.15, -0.1) is 0 Å². The molecule has 0 bridgehead atoms. The van der Waals surface area contributed by atoms with Gasteiger partial charge in [-0.05, 0) is 37.0 Å². The summed E-state index contributed by atoms with van der Waals surface area (Å²) in [5.41, 5.74) is 3.08. The lowest BCUT2D eigenvalue weighted by atomic mass is 10.0. The first-order valence-electron chi connectivity index (χ1n) is 8.14. The van der Waals surface area contributed by atoms with Gasteiger partial charge in [-0.25, -0.2) is 4.98 Å². The van der Waals surface area contributed by atoms with Gasteiger partial charge >= 0.3 is 0 Å². The van der Waals surface area contributed by atoms with Crippen molar-refractivity contribution in [3.05, 3.63) is 36.2 Å². The molecule has 120 valence electrons. The quantitative estimate of drug-likeness (QED) is 0.806. The van der Waals surface area contributed by atoms with Crippen molar-refractivity contribution in [1.29, 1.82) is 0 Å². The van der Waals surface area contributed by atoms with Crippen molar-refractivity contribution in [2.24, 2.45) is 10.9 Å². The maximum Gasteiger partial charge on any atom is 0.137 e. The largest absolute Gasteiger partial charge is 0.381 e. The van der Waals surface area contributed by atoms with Gasteiger partial charge in [-0.1, -0.05) is 0 Å². The van der Waals surface area contributed by atoms with E-state index >= 15 is 0 Å². The van der Waals surface area contributed by atoms with Crippen molar-refractivity contribution in [3.8, 4) is 0 Å². The highest BCUT2D eigenvalue weighted by Crippen LogP contribution is 2.23. The number of aliphatic imine (C=N–C) groups is 1. The molecule has 2 aromatic rings. The molecule has 2 aliphatic heterocycles. The van der Waals surface area contributed by atoms with E-state index < -0.39 is 0 Å². The van der Waals surface area contributed by atoms with Crippen molar-refractivity contribution in [2.45, 2.75) is 19.0 Å². The van der Waals surface area contributed by atoms with Crippen LogP contribution >= 0.6 is 0 Å². The highest BCUT2D eigenvalue weighted by molar-refractivity contribution is 5.93. The third-order valence-electron chi connectivity index (χ3n) is 4.48. The predicted octanol–water partition coefficient (Wildman–Crippen LogP) is 1.88. The minimum atomic E-state index is 0.00992. The van der Waals surface area contributed by atoms with Crippen molar-refractivity contribution in [3.63, 3.8) is 0 Å². The van der Waals surface area contributed by atoms with Gasteiger partial charge in [0.25, 0.3) is 0 Å². The molecule has 2 aromatic heterocycles. The lowest BCUT2D eigenvalue weighted by Crippen LogP contribution is -2.36. The standard InChI is InChI=1S/C17H21N5O/c1-2-13-14(10-20-17(13)18-5-1)15-8-16(22-11-21-15)19-9-12-3-6-23-7-4-12/h1-2,5,8,10-12,16,19H,3-4,6-7,9H2,(H,18,20)(H,21,22). The number of aromatic amines is 1. The molecule has 1 atom stereocenters. The summed E-state index contributed by atoms with van der Waals surface area (Å²) in [4.78, 5) is 12.0. The van der Waals surface area contributed by atoms with Crippen LogP contribution in [0.5, 0.6) is 0 Å². The van der Waals surface area contributed by atoms with Gasteiger partial charge in [0.2, 0.25) is 0 Å². The monoisotopic (exact) mass is 311 g/mol. The molecule has 4 rings (SSSR count). The highest BCUT2D eigenvalue weighted by Gasteiger charge is 2.17. The van der Waals surface area contributed by atoms with Gasteiger partial charge in [0.05, 0.1) is 6.34 Å². The fraction of sp³-hybridized carbons (Fsp3) is 0.412. The highest BCUT2D eigenvalue weighted by atomic mass is 16.5. The van der Waals surface area contributed by atoms with E-state index in [1.54, 1.807) is 12.5 Å². The first kappa shape index (κ1) is 14.4. The van der Waals surface area contributed by atoms with Crippen LogP contribution in [-0.4, -0.2) is 42.2 Å². The minimum absolute atomic E-state index is 0.00992. The maximum atomic E-state index is 5.41. The molecule has 0 aliphatic carbocycles. The SMILES string of the molecule is C1=NC(NCC2CCOCC2)C=C(c2c[nH]c3ncccc23)N1. The molecule has 2 aliphatic rings. The van der Waals surface area contributed by atoms with Crippen LogP contribution in [0, 0.1) is 5.92 Å². The van der Waals surface area contributed by atoms with E-state index in [-0.39, 0.29) is 6.17 Å². The summed E-state index contributed by atoms with van der Waals surface area (Å²) in [6.07, 6.45) is 9.96. The zero-order valence-electron chi connectivity index (χ0n) is 13.0. The number of H-pyrrole nitrogens is 1. The predicted molar refractivity (Wildman–Crippen MR) is 91.0 cm³/mol. The average molecular weight is 311 g/mol. The second kappa shape index (κ2) is 6.52. The number of ether oxygens (including phenoxy) is 1. The van der Waals surface area contributed by atoms with Crippen LogP contribution < -0.4 is 10.6 Å². The second-order valence-electron chi connectivity index (χ2n) is 6.01. The minimum Gasteiger partial charge on any atom is -0.381 e. The fourth-order valence-corrected chi connectivity index (χ4v) is 3.13. The lowest BCUT2D eigenvalue weighted by molar-refractivity contribution is 0.0659. The molecule has 6 heteroatoms. The summed E-state index contributed by atoms with van der Waals surface area (Å²) >= 11 is 0. The van der Waals surface area contributed by atoms with Crippen LogP contribution in [0.25, 0.3) is 16.7 Å². The molecule has 1 unspecified atom stereocenters. The summed E-state index contributed by atoms with van der Waals surface area (Å²) in [7, 11) is 0. The summed E-state index contributed by atoms with van der Waals surface area (Å²) in [5, 5.41) is 7.89. The summed E-state index contributed by atoms with van der Waals surface area (Å²) < 4.78 is 5.41. The lowest BCUT2D eigenvalue weighted by Gasteiger charge is -2.24. The molecule has 0 amide bonds. The van der Waals surface area contributed by atoms with Crippen LogP contribution in [0.2, 0.25) is 0 Å². The molecule has 6 nitrogen and oxygen atoms in total. The zero-order chi connectivity index (χ0) is 15.5. The molecule has 0 spiro atoms. The number of hydrogen-bond acceptors (Lipinski definition) is 5. The second-order valence-corrected chi connectivity index (χ2v) is 6.01. The Kier molecular flexibility index (Phi) is 4.08. The van der Waals surface area contributed by atoms with Crippen LogP contribution in [-0.2, 0) is 4.74 Å². The fourth-order valence-electron chi connectivity index (χ4n) is 3.13. The number of nitrogens with one attached hydrogen (secondary N) is 3. The first-order chi connectivity index (χ1) is 11.4. The number of fused-ring (bicyclic) bond motifs is 1. The van der Waals surface area contributed by atoms with Crippen molar-refractivity contribution >= 4 is 23.1 Å². The van der Waals surface area contributed by atoms with E-state index in [0.29, 0.717) is 5.92 Å².